The van der Waals surface area contributed by atoms with E-state index in [0.717, 1.165) is 44.0 Å². The molecule has 1 N–H and O–H groups in total. The van der Waals surface area contributed by atoms with Crippen molar-refractivity contribution in [3.05, 3.63) is 65.7 Å². The lowest BCUT2D eigenvalue weighted by molar-refractivity contribution is 0.180. The van der Waals surface area contributed by atoms with Crippen LogP contribution in [0.2, 0.25) is 0 Å². The van der Waals surface area contributed by atoms with Crippen molar-refractivity contribution in [3.63, 3.8) is 0 Å². The average molecular weight is 322 g/mol. The third-order valence-corrected chi connectivity index (χ3v) is 4.89. The first-order chi connectivity index (χ1) is 11.7. The summed E-state index contributed by atoms with van der Waals surface area (Å²) in [5.74, 6) is 0.730. The van der Waals surface area contributed by atoms with Crippen LogP contribution in [-0.4, -0.2) is 24.0 Å². The lowest BCUT2D eigenvalue weighted by atomic mass is 9.90. The second-order valence-electron chi connectivity index (χ2n) is 6.75. The second-order valence-corrected chi connectivity index (χ2v) is 6.75. The molecule has 0 unspecified atom stereocenters. The van der Waals surface area contributed by atoms with Gasteiger partial charge in [0.25, 0.3) is 0 Å². The summed E-state index contributed by atoms with van der Waals surface area (Å²) in [6.45, 7) is 3.76. The van der Waals surface area contributed by atoms with Crippen LogP contribution in [0.5, 0.6) is 0 Å². The minimum atomic E-state index is 0.0281. The van der Waals surface area contributed by atoms with Crippen LogP contribution < -0.4 is 5.32 Å². The highest BCUT2D eigenvalue weighted by molar-refractivity contribution is 5.89. The minimum Gasteiger partial charge on any atom is -0.325 e. The standard InChI is InChI=1S/C21H26N2O/c1-17-7-11-20(12-8-17)22-21(24)23-15-13-19(14-16-23)10-9-18-5-3-2-4-6-18/h2-8,11-12,19H,9-10,13-16H2,1H3,(H,22,24). The number of carbonyl (C=O) groups excluding carboxylic acids is 1. The van der Waals surface area contributed by atoms with Crippen molar-refractivity contribution in [2.24, 2.45) is 5.92 Å². The Bertz CT molecular complexity index is 643. The molecule has 2 aromatic carbocycles. The number of carbonyl (C=O) groups is 1. The second kappa shape index (κ2) is 8.00. The van der Waals surface area contributed by atoms with Crippen LogP contribution in [0.25, 0.3) is 0 Å². The molecule has 1 aliphatic rings. The Hall–Kier alpha value is -2.29. The van der Waals surface area contributed by atoms with Crippen LogP contribution in [0, 0.1) is 12.8 Å². The summed E-state index contributed by atoms with van der Waals surface area (Å²) >= 11 is 0. The van der Waals surface area contributed by atoms with Gasteiger partial charge in [-0.1, -0.05) is 48.0 Å². The van der Waals surface area contributed by atoms with E-state index in [9.17, 15) is 4.79 Å². The zero-order valence-corrected chi connectivity index (χ0v) is 14.4. The molecule has 0 bridgehead atoms. The van der Waals surface area contributed by atoms with Crippen molar-refractivity contribution in [2.75, 3.05) is 18.4 Å². The van der Waals surface area contributed by atoms with Crippen molar-refractivity contribution >= 4 is 11.7 Å². The summed E-state index contributed by atoms with van der Waals surface area (Å²) in [7, 11) is 0. The predicted molar refractivity (Wildman–Crippen MR) is 99.3 cm³/mol. The Balaban J connectivity index is 1.42. The number of amides is 2. The molecule has 3 nitrogen and oxygen atoms in total. The van der Waals surface area contributed by atoms with Crippen LogP contribution >= 0.6 is 0 Å². The topological polar surface area (TPSA) is 32.3 Å². The van der Waals surface area contributed by atoms with E-state index < -0.39 is 0 Å². The van der Waals surface area contributed by atoms with E-state index in [2.05, 4.69) is 35.6 Å². The number of nitrogens with one attached hydrogen (secondary N) is 1. The number of urea groups is 1. The predicted octanol–water partition coefficient (Wildman–Crippen LogP) is 4.87. The van der Waals surface area contributed by atoms with Crippen LogP contribution in [0.15, 0.2) is 54.6 Å². The number of piperidine rings is 1. The molecular formula is C21H26N2O. The maximum absolute atomic E-state index is 12.4. The molecule has 0 aromatic heterocycles. The fraction of sp³-hybridized carbons (Fsp3) is 0.381. The molecule has 0 saturated carbocycles. The molecule has 2 aromatic rings. The number of likely N-dealkylation sites (tertiary alicyclic amines) is 1. The van der Waals surface area contributed by atoms with Gasteiger partial charge in [-0.05, 0) is 56.2 Å². The number of anilines is 1. The summed E-state index contributed by atoms with van der Waals surface area (Å²) in [5.41, 5.74) is 3.49. The number of rotatable bonds is 4. The van der Waals surface area contributed by atoms with Crippen LogP contribution in [0.3, 0.4) is 0 Å². The van der Waals surface area contributed by atoms with E-state index in [0.29, 0.717) is 0 Å². The number of benzene rings is 2. The molecule has 24 heavy (non-hydrogen) atoms. The average Bonchev–Trinajstić information content (AvgIpc) is 2.63. The monoisotopic (exact) mass is 322 g/mol. The van der Waals surface area contributed by atoms with Gasteiger partial charge in [-0.3, -0.25) is 0 Å². The Morgan fingerprint density at radius 1 is 1.04 bits per heavy atom. The maximum atomic E-state index is 12.4. The van der Waals surface area contributed by atoms with Crippen molar-refractivity contribution in [1.82, 2.24) is 4.90 Å². The quantitative estimate of drug-likeness (QED) is 0.855. The van der Waals surface area contributed by atoms with Gasteiger partial charge in [0.05, 0.1) is 0 Å². The van der Waals surface area contributed by atoms with Crippen molar-refractivity contribution < 1.29 is 4.79 Å². The molecule has 1 aliphatic heterocycles. The van der Waals surface area contributed by atoms with Gasteiger partial charge in [0, 0.05) is 18.8 Å². The van der Waals surface area contributed by atoms with E-state index >= 15 is 0 Å². The number of hydrogen-bond donors (Lipinski definition) is 1. The number of hydrogen-bond acceptors (Lipinski definition) is 1. The van der Waals surface area contributed by atoms with Crippen LogP contribution in [-0.2, 0) is 6.42 Å². The molecule has 3 heteroatoms. The Morgan fingerprint density at radius 2 is 1.71 bits per heavy atom. The molecule has 1 saturated heterocycles. The van der Waals surface area contributed by atoms with Gasteiger partial charge in [0.2, 0.25) is 0 Å². The highest BCUT2D eigenvalue weighted by Gasteiger charge is 2.22. The fourth-order valence-electron chi connectivity index (χ4n) is 3.28. The first-order valence-corrected chi connectivity index (χ1v) is 8.87. The third-order valence-electron chi connectivity index (χ3n) is 4.89. The molecule has 126 valence electrons. The van der Waals surface area contributed by atoms with Crippen molar-refractivity contribution in [2.45, 2.75) is 32.6 Å². The smallest absolute Gasteiger partial charge is 0.321 e. The number of nitrogens with zero attached hydrogens (tertiary/aromatic N) is 1. The Labute approximate surface area is 144 Å². The highest BCUT2D eigenvalue weighted by Crippen LogP contribution is 2.23. The summed E-state index contributed by atoms with van der Waals surface area (Å²) in [6.07, 6.45) is 4.57. The van der Waals surface area contributed by atoms with Gasteiger partial charge < -0.3 is 10.2 Å². The molecule has 1 heterocycles. The summed E-state index contributed by atoms with van der Waals surface area (Å²) in [6, 6.07) is 18.7. The normalized spacial score (nSPS) is 15.3. The first kappa shape index (κ1) is 16.6. The molecule has 1 fully saturated rings. The van der Waals surface area contributed by atoms with Gasteiger partial charge in [-0.2, -0.15) is 0 Å². The van der Waals surface area contributed by atoms with E-state index in [1.165, 1.54) is 17.5 Å². The maximum Gasteiger partial charge on any atom is 0.321 e. The summed E-state index contributed by atoms with van der Waals surface area (Å²) in [4.78, 5) is 14.3. The molecule has 0 spiro atoms. The lowest BCUT2D eigenvalue weighted by Gasteiger charge is -2.32. The van der Waals surface area contributed by atoms with E-state index in [1.807, 2.05) is 36.1 Å². The molecule has 3 rings (SSSR count). The fourth-order valence-corrected chi connectivity index (χ4v) is 3.28. The highest BCUT2D eigenvalue weighted by atomic mass is 16.2. The summed E-state index contributed by atoms with van der Waals surface area (Å²) in [5, 5.41) is 3.00. The van der Waals surface area contributed by atoms with E-state index in [1.54, 1.807) is 0 Å². The van der Waals surface area contributed by atoms with E-state index in [4.69, 9.17) is 0 Å². The van der Waals surface area contributed by atoms with Crippen LogP contribution in [0.1, 0.15) is 30.4 Å². The largest absolute Gasteiger partial charge is 0.325 e. The zero-order valence-electron chi connectivity index (χ0n) is 14.4. The zero-order chi connectivity index (χ0) is 16.8. The van der Waals surface area contributed by atoms with Gasteiger partial charge >= 0.3 is 6.03 Å². The van der Waals surface area contributed by atoms with Crippen molar-refractivity contribution in [1.29, 1.82) is 0 Å². The minimum absolute atomic E-state index is 0.0281. The van der Waals surface area contributed by atoms with E-state index in [-0.39, 0.29) is 6.03 Å². The number of aryl methyl sites for hydroxylation is 2. The lowest BCUT2D eigenvalue weighted by Crippen LogP contribution is -2.41. The Morgan fingerprint density at radius 3 is 2.38 bits per heavy atom. The molecule has 0 aliphatic carbocycles. The molecule has 2 amide bonds. The third kappa shape index (κ3) is 4.60. The van der Waals surface area contributed by atoms with Crippen molar-refractivity contribution in [3.8, 4) is 0 Å². The van der Waals surface area contributed by atoms with Gasteiger partial charge in [-0.25, -0.2) is 4.79 Å². The first-order valence-electron chi connectivity index (χ1n) is 8.87. The Kier molecular flexibility index (Phi) is 5.52. The van der Waals surface area contributed by atoms with Gasteiger partial charge in [0.15, 0.2) is 0 Å². The van der Waals surface area contributed by atoms with Gasteiger partial charge in [0.1, 0.15) is 0 Å². The molecular weight excluding hydrogens is 296 g/mol. The SMILES string of the molecule is Cc1ccc(NC(=O)N2CCC(CCc3ccccc3)CC2)cc1. The van der Waals surface area contributed by atoms with Crippen LogP contribution in [0.4, 0.5) is 10.5 Å². The van der Waals surface area contributed by atoms with Gasteiger partial charge in [-0.15, -0.1) is 0 Å². The molecule has 0 atom stereocenters. The summed E-state index contributed by atoms with van der Waals surface area (Å²) < 4.78 is 0. The molecule has 0 radical (unpaired) electrons.